The molecule has 0 aliphatic heterocycles. The zero-order chi connectivity index (χ0) is 12.3. The minimum Gasteiger partial charge on any atom is -0.454 e. The first kappa shape index (κ1) is 10.6. The second-order valence-electron chi connectivity index (χ2n) is 3.97. The van der Waals surface area contributed by atoms with E-state index >= 15 is 0 Å². The fourth-order valence-corrected chi connectivity index (χ4v) is 3.59. The third kappa shape index (κ3) is 1.32. The largest absolute Gasteiger partial charge is 0.454 e. The van der Waals surface area contributed by atoms with E-state index in [0.29, 0.717) is 15.1 Å². The number of aromatic nitrogens is 1. The molecule has 2 nitrogen and oxygen atoms in total. The third-order valence-corrected chi connectivity index (χ3v) is 4.43. The molecule has 4 aromatic rings. The molecular formula is C13H5Cl2NOS. The Balaban J connectivity index is 2.36. The van der Waals surface area contributed by atoms with Crippen molar-refractivity contribution in [3.8, 4) is 0 Å². The first-order chi connectivity index (χ1) is 8.74. The monoisotopic (exact) mass is 293 g/mol. The Kier molecular flexibility index (Phi) is 2.13. The molecule has 4 rings (SSSR count). The summed E-state index contributed by atoms with van der Waals surface area (Å²) in [4.78, 5) is 4.28. The first-order valence-electron chi connectivity index (χ1n) is 5.30. The molecule has 0 saturated carbocycles. The van der Waals surface area contributed by atoms with Gasteiger partial charge in [-0.25, -0.2) is 4.98 Å². The van der Waals surface area contributed by atoms with E-state index in [9.17, 15) is 0 Å². The zero-order valence-electron chi connectivity index (χ0n) is 8.91. The summed E-state index contributed by atoms with van der Waals surface area (Å²) in [6, 6.07) is 9.56. The Morgan fingerprint density at radius 3 is 2.89 bits per heavy atom. The second kappa shape index (κ2) is 3.60. The molecule has 5 heteroatoms. The Labute approximate surface area is 116 Å². The van der Waals surface area contributed by atoms with Gasteiger partial charge in [0.1, 0.15) is 5.58 Å². The van der Waals surface area contributed by atoms with Gasteiger partial charge in [-0.2, -0.15) is 0 Å². The van der Waals surface area contributed by atoms with Crippen LogP contribution in [0.2, 0.25) is 9.49 Å². The summed E-state index contributed by atoms with van der Waals surface area (Å²) in [6.07, 6.45) is 0. The molecule has 0 aliphatic carbocycles. The van der Waals surface area contributed by atoms with Crippen LogP contribution in [-0.2, 0) is 0 Å². The van der Waals surface area contributed by atoms with E-state index in [-0.39, 0.29) is 0 Å². The number of furan rings is 1. The molecule has 0 spiro atoms. The van der Waals surface area contributed by atoms with Gasteiger partial charge in [-0.15, -0.1) is 11.3 Å². The first-order valence-corrected chi connectivity index (χ1v) is 6.87. The maximum Gasteiger partial charge on any atom is 0.184 e. The van der Waals surface area contributed by atoms with Gasteiger partial charge < -0.3 is 4.42 Å². The lowest BCUT2D eigenvalue weighted by atomic mass is 10.1. The number of nitrogens with zero attached hydrogens (tertiary/aromatic N) is 1. The van der Waals surface area contributed by atoms with Gasteiger partial charge in [-0.05, 0) is 18.2 Å². The second-order valence-corrected chi connectivity index (χ2v) is 5.96. The van der Waals surface area contributed by atoms with Crippen LogP contribution in [-0.4, -0.2) is 4.98 Å². The minimum atomic E-state index is 0.536. The highest BCUT2D eigenvalue weighted by molar-refractivity contribution is 7.23. The smallest absolute Gasteiger partial charge is 0.184 e. The highest BCUT2D eigenvalue weighted by Gasteiger charge is 2.14. The third-order valence-electron chi connectivity index (χ3n) is 2.94. The van der Waals surface area contributed by atoms with E-state index in [2.05, 4.69) is 4.98 Å². The Morgan fingerprint density at radius 2 is 2.00 bits per heavy atom. The van der Waals surface area contributed by atoms with Crippen molar-refractivity contribution < 1.29 is 4.42 Å². The SMILES string of the molecule is Clc1nc2ccc3oc4c(Cl)cccc4c3c2s1. The number of thiazole rings is 1. The van der Waals surface area contributed by atoms with Gasteiger partial charge in [0, 0.05) is 10.8 Å². The van der Waals surface area contributed by atoms with Crippen molar-refractivity contribution in [3.63, 3.8) is 0 Å². The number of rotatable bonds is 0. The molecule has 0 unspecified atom stereocenters. The van der Waals surface area contributed by atoms with Crippen LogP contribution in [0.15, 0.2) is 34.7 Å². The standard InChI is InChI=1S/C13H5Cl2NOS/c14-7-3-1-2-6-10-9(17-11(6)7)5-4-8-12(10)18-13(15)16-8/h1-5H. The van der Waals surface area contributed by atoms with Crippen molar-refractivity contribution in [2.45, 2.75) is 0 Å². The van der Waals surface area contributed by atoms with Crippen molar-refractivity contribution in [1.29, 1.82) is 0 Å². The van der Waals surface area contributed by atoms with Crippen LogP contribution in [0.5, 0.6) is 0 Å². The molecule has 2 aromatic heterocycles. The highest BCUT2D eigenvalue weighted by Crippen LogP contribution is 2.40. The summed E-state index contributed by atoms with van der Waals surface area (Å²) in [5.41, 5.74) is 2.41. The quantitative estimate of drug-likeness (QED) is 0.428. The van der Waals surface area contributed by atoms with Gasteiger partial charge in [-0.1, -0.05) is 35.3 Å². The van der Waals surface area contributed by atoms with Crippen LogP contribution in [0.1, 0.15) is 0 Å². The molecule has 0 saturated heterocycles. The van der Waals surface area contributed by atoms with Crippen molar-refractivity contribution in [3.05, 3.63) is 39.8 Å². The van der Waals surface area contributed by atoms with Gasteiger partial charge in [-0.3, -0.25) is 0 Å². The molecule has 88 valence electrons. The lowest BCUT2D eigenvalue weighted by Crippen LogP contribution is -1.69. The number of hydrogen-bond donors (Lipinski definition) is 0. The van der Waals surface area contributed by atoms with E-state index in [1.165, 1.54) is 11.3 Å². The van der Waals surface area contributed by atoms with Crippen LogP contribution in [0.3, 0.4) is 0 Å². The lowest BCUT2D eigenvalue weighted by molar-refractivity contribution is 0.669. The summed E-state index contributed by atoms with van der Waals surface area (Å²) >= 11 is 13.6. The van der Waals surface area contributed by atoms with E-state index in [0.717, 1.165) is 26.6 Å². The fraction of sp³-hybridized carbons (Fsp3) is 0. The number of benzene rings is 2. The molecule has 2 aromatic carbocycles. The van der Waals surface area contributed by atoms with Crippen LogP contribution in [0.4, 0.5) is 0 Å². The van der Waals surface area contributed by atoms with Gasteiger partial charge >= 0.3 is 0 Å². The number of hydrogen-bond acceptors (Lipinski definition) is 3. The van der Waals surface area contributed by atoms with E-state index in [1.807, 2.05) is 30.3 Å². The number of halogens is 2. The minimum absolute atomic E-state index is 0.536. The molecule has 2 heterocycles. The van der Waals surface area contributed by atoms with Crippen molar-refractivity contribution in [1.82, 2.24) is 4.98 Å². The molecule has 0 atom stereocenters. The molecule has 0 radical (unpaired) electrons. The van der Waals surface area contributed by atoms with E-state index in [1.54, 1.807) is 0 Å². The topological polar surface area (TPSA) is 26.0 Å². The van der Waals surface area contributed by atoms with Gasteiger partial charge in [0.25, 0.3) is 0 Å². The molecule has 0 aliphatic rings. The maximum atomic E-state index is 6.15. The molecule has 18 heavy (non-hydrogen) atoms. The average Bonchev–Trinajstić information content (AvgIpc) is 2.88. The van der Waals surface area contributed by atoms with Gasteiger partial charge in [0.2, 0.25) is 0 Å². The van der Waals surface area contributed by atoms with E-state index in [4.69, 9.17) is 27.6 Å². The predicted molar refractivity (Wildman–Crippen MR) is 76.9 cm³/mol. The fourth-order valence-electron chi connectivity index (χ4n) is 2.21. The van der Waals surface area contributed by atoms with E-state index < -0.39 is 0 Å². The normalized spacial score (nSPS) is 11.9. The molecule has 0 bridgehead atoms. The summed E-state index contributed by atoms with van der Waals surface area (Å²) in [6.45, 7) is 0. The van der Waals surface area contributed by atoms with Crippen LogP contribution >= 0.6 is 34.5 Å². The Bertz CT molecular complexity index is 909. The van der Waals surface area contributed by atoms with Crippen LogP contribution in [0.25, 0.3) is 32.2 Å². The number of para-hydroxylation sites is 1. The Hall–Kier alpha value is -1.29. The van der Waals surface area contributed by atoms with Crippen molar-refractivity contribution in [2.24, 2.45) is 0 Å². The predicted octanol–water partition coefficient (Wildman–Crippen LogP) is 5.50. The van der Waals surface area contributed by atoms with Gasteiger partial charge in [0.15, 0.2) is 10.0 Å². The average molecular weight is 294 g/mol. The summed E-state index contributed by atoms with van der Waals surface area (Å²) < 4.78 is 7.38. The molecule has 0 fully saturated rings. The van der Waals surface area contributed by atoms with Crippen molar-refractivity contribution in [2.75, 3.05) is 0 Å². The Morgan fingerprint density at radius 1 is 1.11 bits per heavy atom. The number of fused-ring (bicyclic) bond motifs is 5. The molecule has 0 N–H and O–H groups in total. The summed E-state index contributed by atoms with van der Waals surface area (Å²) in [5.74, 6) is 0. The lowest BCUT2D eigenvalue weighted by Gasteiger charge is -1.91. The maximum absolute atomic E-state index is 6.15. The highest BCUT2D eigenvalue weighted by atomic mass is 35.5. The van der Waals surface area contributed by atoms with Crippen LogP contribution < -0.4 is 0 Å². The molecular weight excluding hydrogens is 289 g/mol. The molecule has 0 amide bonds. The summed E-state index contributed by atoms with van der Waals surface area (Å²) in [5, 5.41) is 2.66. The van der Waals surface area contributed by atoms with Crippen molar-refractivity contribution >= 4 is 66.7 Å². The zero-order valence-corrected chi connectivity index (χ0v) is 11.2. The van der Waals surface area contributed by atoms with Crippen LogP contribution in [0, 0.1) is 0 Å². The van der Waals surface area contributed by atoms with Gasteiger partial charge in [0.05, 0.1) is 15.2 Å². The summed E-state index contributed by atoms with van der Waals surface area (Å²) in [7, 11) is 0.